The van der Waals surface area contributed by atoms with Crippen molar-refractivity contribution in [1.82, 2.24) is 24.9 Å². The molecule has 4 saturated carbocycles. The van der Waals surface area contributed by atoms with E-state index in [0.29, 0.717) is 30.5 Å². The number of hydrogen-bond acceptors (Lipinski definition) is 5. The molecule has 2 aromatic rings. The largest absolute Gasteiger partial charge is 0.408 e. The van der Waals surface area contributed by atoms with Gasteiger partial charge in [0.05, 0.1) is 28.6 Å². The van der Waals surface area contributed by atoms with Crippen LogP contribution in [0.2, 0.25) is 5.02 Å². The number of carbonyl (C=O) groups excluding carboxylic acids is 1. The summed E-state index contributed by atoms with van der Waals surface area (Å²) >= 11 is 6.28. The molecule has 32 heavy (non-hydrogen) atoms. The predicted octanol–water partition coefficient (Wildman–Crippen LogP) is 3.97. The Hall–Kier alpha value is -2.42. The molecule has 2 heterocycles. The minimum absolute atomic E-state index is 0.0503. The molecule has 0 aromatic carbocycles. The highest BCUT2D eigenvalue weighted by Crippen LogP contribution is 2.65. The monoisotopic (exact) mass is 460 g/mol. The molecule has 10 heteroatoms. The normalized spacial score (nSPS) is 30.6. The quantitative estimate of drug-likeness (QED) is 0.496. The zero-order valence-electron chi connectivity index (χ0n) is 18.5. The van der Waals surface area contributed by atoms with Crippen LogP contribution in [0.15, 0.2) is 12.3 Å². The number of carbonyl (C=O) groups is 1. The zero-order valence-corrected chi connectivity index (χ0v) is 19.3. The fourth-order valence-electron chi connectivity index (χ4n) is 7.17. The van der Waals surface area contributed by atoms with Gasteiger partial charge < -0.3 is 15.4 Å². The fourth-order valence-corrected chi connectivity index (χ4v) is 7.36. The van der Waals surface area contributed by atoms with Crippen molar-refractivity contribution in [2.24, 2.45) is 17.3 Å². The molecule has 9 nitrogen and oxygen atoms in total. The summed E-state index contributed by atoms with van der Waals surface area (Å²) in [6, 6.07) is 1.93. The Kier molecular flexibility index (Phi) is 5.07. The second-order valence-corrected chi connectivity index (χ2v) is 10.6. The smallest absolute Gasteiger partial charge is 0.358 e. The first-order valence-corrected chi connectivity index (χ1v) is 11.8. The third-order valence-corrected chi connectivity index (χ3v) is 8.26. The Morgan fingerprint density at radius 1 is 1.31 bits per heavy atom. The van der Waals surface area contributed by atoms with Gasteiger partial charge in [-0.15, -0.1) is 0 Å². The molecule has 4 aliphatic carbocycles. The van der Waals surface area contributed by atoms with Crippen molar-refractivity contribution in [3.63, 3.8) is 0 Å². The maximum atomic E-state index is 13.0. The van der Waals surface area contributed by atoms with E-state index in [1.165, 1.54) is 6.42 Å². The first-order chi connectivity index (χ1) is 15.2. The van der Waals surface area contributed by atoms with Crippen LogP contribution in [0.3, 0.4) is 0 Å². The number of nitrogens with one attached hydrogen (secondary N) is 1. The number of amides is 1. The topological polar surface area (TPSA) is 108 Å². The summed E-state index contributed by atoms with van der Waals surface area (Å²) in [6.07, 6.45) is 8.39. The van der Waals surface area contributed by atoms with Crippen molar-refractivity contribution in [3.8, 4) is 0 Å². The van der Waals surface area contributed by atoms with E-state index in [1.807, 2.05) is 35.5 Å². The SMILES string of the molecule is CCn1ccc(CNC(=O)CC23CC4CC(C2)CC(n2nc([N+](=O)[O-])c(Cl)c2C)(C4)C3)n1. The zero-order chi connectivity index (χ0) is 22.7. The van der Waals surface area contributed by atoms with E-state index >= 15 is 0 Å². The summed E-state index contributed by atoms with van der Waals surface area (Å²) in [7, 11) is 0. The van der Waals surface area contributed by atoms with Crippen LogP contribution in [0.25, 0.3) is 0 Å². The van der Waals surface area contributed by atoms with Crippen molar-refractivity contribution >= 4 is 23.3 Å². The third kappa shape index (κ3) is 3.50. The van der Waals surface area contributed by atoms with Crippen molar-refractivity contribution in [2.45, 2.75) is 77.4 Å². The summed E-state index contributed by atoms with van der Waals surface area (Å²) < 4.78 is 3.69. The van der Waals surface area contributed by atoms with Gasteiger partial charge in [-0.1, -0.05) is 11.6 Å². The van der Waals surface area contributed by atoms with Gasteiger partial charge in [-0.3, -0.25) is 9.48 Å². The van der Waals surface area contributed by atoms with E-state index in [-0.39, 0.29) is 27.7 Å². The van der Waals surface area contributed by atoms with Crippen LogP contribution in [-0.2, 0) is 23.4 Å². The van der Waals surface area contributed by atoms with Crippen LogP contribution in [-0.4, -0.2) is 30.4 Å². The lowest BCUT2D eigenvalue weighted by Gasteiger charge is -2.61. The lowest BCUT2D eigenvalue weighted by Crippen LogP contribution is -2.57. The van der Waals surface area contributed by atoms with Crippen molar-refractivity contribution < 1.29 is 9.72 Å². The molecule has 1 amide bonds. The molecule has 4 fully saturated rings. The second-order valence-electron chi connectivity index (χ2n) is 10.2. The van der Waals surface area contributed by atoms with Gasteiger partial charge in [0.2, 0.25) is 5.91 Å². The summed E-state index contributed by atoms with van der Waals surface area (Å²) in [5.41, 5.74) is 1.14. The van der Waals surface area contributed by atoms with Crippen molar-refractivity contribution in [1.29, 1.82) is 0 Å². The van der Waals surface area contributed by atoms with E-state index in [0.717, 1.165) is 44.3 Å². The van der Waals surface area contributed by atoms with Crippen LogP contribution >= 0.6 is 11.6 Å². The average molecular weight is 461 g/mol. The molecule has 172 valence electrons. The first-order valence-electron chi connectivity index (χ1n) is 11.4. The number of aryl methyl sites for hydroxylation is 1. The highest BCUT2D eigenvalue weighted by Gasteiger charge is 2.60. The molecule has 0 saturated heterocycles. The molecular formula is C22H29ClN6O3. The van der Waals surface area contributed by atoms with Gasteiger partial charge in [-0.25, -0.2) is 0 Å². The molecule has 2 aromatic heterocycles. The Morgan fingerprint density at radius 2 is 2.03 bits per heavy atom. The maximum absolute atomic E-state index is 13.0. The number of halogens is 1. The highest BCUT2D eigenvalue weighted by molar-refractivity contribution is 6.33. The fraction of sp³-hybridized carbons (Fsp3) is 0.682. The Labute approximate surface area is 191 Å². The lowest BCUT2D eigenvalue weighted by atomic mass is 9.46. The van der Waals surface area contributed by atoms with Crippen molar-refractivity contribution in [2.75, 3.05) is 0 Å². The molecule has 0 spiro atoms. The summed E-state index contributed by atoms with van der Waals surface area (Å²) in [5, 5.41) is 23.4. The summed E-state index contributed by atoms with van der Waals surface area (Å²) in [5.74, 6) is 0.823. The van der Waals surface area contributed by atoms with E-state index in [1.54, 1.807) is 0 Å². The lowest BCUT2D eigenvalue weighted by molar-refractivity contribution is -0.389. The molecule has 2 atom stereocenters. The van der Waals surface area contributed by atoms with E-state index in [2.05, 4.69) is 15.5 Å². The van der Waals surface area contributed by atoms with E-state index in [9.17, 15) is 14.9 Å². The van der Waals surface area contributed by atoms with Gasteiger partial charge >= 0.3 is 5.82 Å². The van der Waals surface area contributed by atoms with Crippen LogP contribution < -0.4 is 5.32 Å². The standard InChI is InChI=1S/C22H29ClN6O3/c1-3-27-5-4-17(25-27)12-24-18(30)11-21-7-15-6-16(8-21)10-22(9-15,13-21)28-14(2)19(23)20(26-28)29(31)32/h4-5,15-16H,3,6-13H2,1-2H3,(H,24,30). The molecule has 2 unspecified atom stereocenters. The molecule has 4 bridgehead atoms. The molecule has 4 aliphatic rings. The van der Waals surface area contributed by atoms with Crippen LogP contribution in [0.1, 0.15) is 63.3 Å². The van der Waals surface area contributed by atoms with Gasteiger partial charge in [0.15, 0.2) is 5.02 Å². The molecule has 6 rings (SSSR count). The number of nitrogens with zero attached hydrogens (tertiary/aromatic N) is 5. The van der Waals surface area contributed by atoms with Crippen LogP contribution in [0.4, 0.5) is 5.82 Å². The van der Waals surface area contributed by atoms with E-state index < -0.39 is 4.92 Å². The molecular weight excluding hydrogens is 432 g/mol. The minimum atomic E-state index is -0.505. The van der Waals surface area contributed by atoms with Gasteiger partial charge in [-0.2, -0.15) is 9.78 Å². The Balaban J connectivity index is 1.36. The number of hydrogen-bond donors (Lipinski definition) is 1. The second kappa shape index (κ2) is 7.57. The highest BCUT2D eigenvalue weighted by atomic mass is 35.5. The van der Waals surface area contributed by atoms with E-state index in [4.69, 9.17) is 11.6 Å². The Morgan fingerprint density at radius 3 is 2.62 bits per heavy atom. The number of nitro groups is 1. The van der Waals surface area contributed by atoms with Gasteiger partial charge in [-0.05, 0) is 80.6 Å². The van der Waals surface area contributed by atoms with Gasteiger partial charge in [0, 0.05) is 19.2 Å². The average Bonchev–Trinajstić information content (AvgIpc) is 3.30. The van der Waals surface area contributed by atoms with Crippen molar-refractivity contribution in [3.05, 3.63) is 38.8 Å². The van der Waals surface area contributed by atoms with Crippen LogP contribution in [0, 0.1) is 34.3 Å². The maximum Gasteiger partial charge on any atom is 0.408 e. The summed E-state index contributed by atoms with van der Waals surface area (Å²) in [4.78, 5) is 23.9. The minimum Gasteiger partial charge on any atom is -0.358 e. The molecule has 0 aliphatic heterocycles. The Bertz CT molecular complexity index is 1060. The van der Waals surface area contributed by atoms with Gasteiger partial charge in [0.25, 0.3) is 0 Å². The van der Waals surface area contributed by atoms with Crippen LogP contribution in [0.5, 0.6) is 0 Å². The molecule has 1 N–H and O–H groups in total. The number of rotatable bonds is 7. The first kappa shape index (κ1) is 21.4. The van der Waals surface area contributed by atoms with Gasteiger partial charge in [0.1, 0.15) is 0 Å². The predicted molar refractivity (Wildman–Crippen MR) is 118 cm³/mol. The number of aromatic nitrogens is 4. The molecule has 0 radical (unpaired) electrons. The third-order valence-electron chi connectivity index (χ3n) is 7.82. The summed E-state index contributed by atoms with van der Waals surface area (Å²) in [6.45, 7) is 5.08.